The Balaban J connectivity index is 1.46. The van der Waals surface area contributed by atoms with Gasteiger partial charge >= 0.3 is 0 Å². The molecule has 0 radical (unpaired) electrons. The maximum absolute atomic E-state index is 12.9. The number of morpholine rings is 1. The van der Waals surface area contributed by atoms with Gasteiger partial charge in [-0.25, -0.2) is 0 Å². The summed E-state index contributed by atoms with van der Waals surface area (Å²) >= 11 is 0. The molecule has 1 saturated heterocycles. The molecule has 0 spiro atoms. The molecule has 152 valence electrons. The molecule has 1 unspecified atom stereocenters. The van der Waals surface area contributed by atoms with Gasteiger partial charge in [0.2, 0.25) is 5.91 Å². The van der Waals surface area contributed by atoms with Crippen LogP contribution in [0.5, 0.6) is 0 Å². The largest absolute Gasteiger partial charge is 0.378 e. The molecule has 0 aromatic heterocycles. The normalized spacial score (nSPS) is 18.5. The number of hydrogen-bond acceptors (Lipinski definition) is 4. The van der Waals surface area contributed by atoms with Gasteiger partial charge in [0.25, 0.3) is 5.91 Å². The Labute approximate surface area is 171 Å². The number of carbonyl (C=O) groups excluding carboxylic acids is 2. The summed E-state index contributed by atoms with van der Waals surface area (Å²) in [6, 6.07) is 13.8. The van der Waals surface area contributed by atoms with E-state index in [9.17, 15) is 9.59 Å². The number of nitrogens with zero attached hydrogens (tertiary/aromatic N) is 2. The van der Waals surface area contributed by atoms with Crippen LogP contribution in [0.1, 0.15) is 28.4 Å². The van der Waals surface area contributed by atoms with Crippen LogP contribution in [0.4, 0.5) is 11.4 Å². The van der Waals surface area contributed by atoms with Crippen molar-refractivity contribution in [2.45, 2.75) is 26.3 Å². The summed E-state index contributed by atoms with van der Waals surface area (Å²) in [5.74, 6) is 0.0506. The van der Waals surface area contributed by atoms with E-state index in [1.807, 2.05) is 53.1 Å². The molecule has 2 aliphatic rings. The smallest absolute Gasteiger partial charge is 0.254 e. The van der Waals surface area contributed by atoms with E-state index in [2.05, 4.69) is 18.3 Å². The van der Waals surface area contributed by atoms with E-state index in [1.54, 1.807) is 0 Å². The molecule has 0 bridgehead atoms. The molecule has 0 saturated carbocycles. The van der Waals surface area contributed by atoms with Gasteiger partial charge in [0, 0.05) is 36.1 Å². The molecule has 29 heavy (non-hydrogen) atoms. The third kappa shape index (κ3) is 3.85. The Hall–Kier alpha value is -2.86. The Morgan fingerprint density at radius 1 is 1.10 bits per heavy atom. The molecule has 2 aromatic carbocycles. The monoisotopic (exact) mass is 393 g/mol. The van der Waals surface area contributed by atoms with E-state index >= 15 is 0 Å². The zero-order valence-corrected chi connectivity index (χ0v) is 17.0. The van der Waals surface area contributed by atoms with Crippen molar-refractivity contribution in [3.63, 3.8) is 0 Å². The third-order valence-corrected chi connectivity index (χ3v) is 5.77. The number of carbonyl (C=O) groups is 2. The second kappa shape index (κ2) is 8.25. The number of nitrogens with one attached hydrogen (secondary N) is 1. The highest BCUT2D eigenvalue weighted by Crippen LogP contribution is 2.32. The summed E-state index contributed by atoms with van der Waals surface area (Å²) in [5.41, 5.74) is 4.57. The summed E-state index contributed by atoms with van der Waals surface area (Å²) < 4.78 is 5.34. The highest BCUT2D eigenvalue weighted by atomic mass is 16.5. The number of rotatable bonds is 4. The van der Waals surface area contributed by atoms with Crippen molar-refractivity contribution in [2.75, 3.05) is 43.1 Å². The Bertz CT molecular complexity index is 921. The van der Waals surface area contributed by atoms with Gasteiger partial charge in [-0.05, 0) is 49.6 Å². The van der Waals surface area contributed by atoms with Crippen molar-refractivity contribution < 1.29 is 14.3 Å². The fourth-order valence-electron chi connectivity index (χ4n) is 4.20. The van der Waals surface area contributed by atoms with Gasteiger partial charge in [0.1, 0.15) is 0 Å². The molecule has 2 heterocycles. The first kappa shape index (κ1) is 19.5. The molecular weight excluding hydrogens is 366 g/mol. The molecule has 6 heteroatoms. The van der Waals surface area contributed by atoms with Crippen LogP contribution in [0.15, 0.2) is 42.5 Å². The lowest BCUT2D eigenvalue weighted by atomic mass is 10.0. The van der Waals surface area contributed by atoms with E-state index in [0.717, 1.165) is 23.4 Å². The number of para-hydroxylation sites is 1. The fraction of sp³-hybridized carbons (Fsp3) is 0.391. The second-order valence-corrected chi connectivity index (χ2v) is 7.68. The summed E-state index contributed by atoms with van der Waals surface area (Å²) in [4.78, 5) is 29.5. The van der Waals surface area contributed by atoms with Gasteiger partial charge in [-0.1, -0.05) is 24.3 Å². The first-order valence-corrected chi connectivity index (χ1v) is 10.2. The standard InChI is InChI=1S/C23H27N3O3/c1-16-14-18-6-3-4-9-21(18)26(16)22(27)15-24-20-8-5-7-19(17(20)2)23(28)25-10-12-29-13-11-25/h3-9,16,24H,10-15H2,1-2H3. The quantitative estimate of drug-likeness (QED) is 0.868. The highest BCUT2D eigenvalue weighted by molar-refractivity contribution is 6.00. The number of fused-ring (bicyclic) bond motifs is 1. The minimum atomic E-state index is 0.0165. The van der Waals surface area contributed by atoms with Gasteiger partial charge in [-0.3, -0.25) is 9.59 Å². The Morgan fingerprint density at radius 2 is 1.86 bits per heavy atom. The zero-order valence-electron chi connectivity index (χ0n) is 17.0. The van der Waals surface area contributed by atoms with Crippen LogP contribution in [-0.2, 0) is 16.0 Å². The van der Waals surface area contributed by atoms with Crippen LogP contribution in [0, 0.1) is 6.92 Å². The van der Waals surface area contributed by atoms with Crippen LogP contribution < -0.4 is 10.2 Å². The lowest BCUT2D eigenvalue weighted by Crippen LogP contribution is -2.41. The summed E-state index contributed by atoms with van der Waals surface area (Å²) in [6.07, 6.45) is 0.879. The van der Waals surface area contributed by atoms with Gasteiger partial charge in [0.05, 0.1) is 19.8 Å². The topological polar surface area (TPSA) is 61.9 Å². The van der Waals surface area contributed by atoms with Crippen molar-refractivity contribution in [3.05, 3.63) is 59.2 Å². The van der Waals surface area contributed by atoms with Gasteiger partial charge in [-0.15, -0.1) is 0 Å². The van der Waals surface area contributed by atoms with Crippen LogP contribution in [0.3, 0.4) is 0 Å². The molecule has 6 nitrogen and oxygen atoms in total. The SMILES string of the molecule is Cc1c(NCC(=O)N2c3ccccc3CC2C)cccc1C(=O)N1CCOCC1. The third-order valence-electron chi connectivity index (χ3n) is 5.77. The number of ether oxygens (including phenoxy) is 1. The van der Waals surface area contributed by atoms with E-state index in [0.29, 0.717) is 31.9 Å². The maximum atomic E-state index is 12.9. The minimum absolute atomic E-state index is 0.0165. The minimum Gasteiger partial charge on any atom is -0.378 e. The molecule has 4 rings (SSSR count). The van der Waals surface area contributed by atoms with E-state index in [4.69, 9.17) is 4.74 Å². The van der Waals surface area contributed by atoms with E-state index in [1.165, 1.54) is 5.56 Å². The average molecular weight is 393 g/mol. The van der Waals surface area contributed by atoms with Gasteiger partial charge < -0.3 is 19.9 Å². The summed E-state index contributed by atoms with van der Waals surface area (Å²) in [7, 11) is 0. The molecule has 2 aliphatic heterocycles. The van der Waals surface area contributed by atoms with Crippen LogP contribution >= 0.6 is 0 Å². The number of amides is 2. The average Bonchev–Trinajstić information content (AvgIpc) is 3.08. The molecule has 2 aromatic rings. The highest BCUT2D eigenvalue weighted by Gasteiger charge is 2.30. The zero-order chi connectivity index (χ0) is 20.4. The van der Waals surface area contributed by atoms with E-state index < -0.39 is 0 Å². The van der Waals surface area contributed by atoms with Crippen molar-refractivity contribution in [3.8, 4) is 0 Å². The van der Waals surface area contributed by atoms with Crippen LogP contribution in [-0.4, -0.2) is 55.6 Å². The van der Waals surface area contributed by atoms with Crippen LogP contribution in [0.2, 0.25) is 0 Å². The van der Waals surface area contributed by atoms with Crippen molar-refractivity contribution in [1.29, 1.82) is 0 Å². The lowest BCUT2D eigenvalue weighted by molar-refractivity contribution is -0.117. The second-order valence-electron chi connectivity index (χ2n) is 7.68. The van der Waals surface area contributed by atoms with Crippen molar-refractivity contribution in [2.24, 2.45) is 0 Å². The number of anilines is 2. The summed E-state index contributed by atoms with van der Waals surface area (Å²) in [6.45, 7) is 6.56. The summed E-state index contributed by atoms with van der Waals surface area (Å²) in [5, 5.41) is 3.25. The predicted octanol–water partition coefficient (Wildman–Crippen LogP) is 2.86. The fourth-order valence-corrected chi connectivity index (χ4v) is 4.20. The van der Waals surface area contributed by atoms with Crippen molar-refractivity contribution >= 4 is 23.2 Å². The van der Waals surface area contributed by atoms with Crippen LogP contribution in [0.25, 0.3) is 0 Å². The van der Waals surface area contributed by atoms with Gasteiger partial charge in [-0.2, -0.15) is 0 Å². The molecule has 1 N–H and O–H groups in total. The number of hydrogen-bond donors (Lipinski definition) is 1. The first-order valence-electron chi connectivity index (χ1n) is 10.2. The maximum Gasteiger partial charge on any atom is 0.254 e. The Morgan fingerprint density at radius 3 is 2.66 bits per heavy atom. The molecule has 0 aliphatic carbocycles. The van der Waals surface area contributed by atoms with Gasteiger partial charge in [0.15, 0.2) is 0 Å². The molecule has 2 amide bonds. The predicted molar refractivity (Wildman–Crippen MR) is 113 cm³/mol. The molecule has 1 atom stereocenters. The lowest BCUT2D eigenvalue weighted by Gasteiger charge is -2.28. The van der Waals surface area contributed by atoms with Crippen molar-refractivity contribution in [1.82, 2.24) is 4.90 Å². The van der Waals surface area contributed by atoms with E-state index in [-0.39, 0.29) is 24.4 Å². The number of benzene rings is 2. The molecule has 1 fully saturated rings. The Kier molecular flexibility index (Phi) is 5.53. The first-order chi connectivity index (χ1) is 14.1. The molecular formula is C23H27N3O3.